The van der Waals surface area contributed by atoms with Crippen molar-refractivity contribution in [3.8, 4) is 0 Å². The highest BCUT2D eigenvalue weighted by molar-refractivity contribution is 9.28. The summed E-state index contributed by atoms with van der Waals surface area (Å²) in [6.45, 7) is 0.887. The molecule has 0 saturated carbocycles. The Morgan fingerprint density at radius 2 is 0.933 bits per heavy atom. The van der Waals surface area contributed by atoms with Gasteiger partial charge in [-0.3, -0.25) is 0 Å². The molecule has 0 bridgehead atoms. The van der Waals surface area contributed by atoms with Crippen molar-refractivity contribution < 1.29 is 0 Å². The summed E-state index contributed by atoms with van der Waals surface area (Å²) in [5, 5.41) is 0. The third-order valence-corrected chi connectivity index (χ3v) is 89.5. The van der Waals surface area contributed by atoms with Crippen molar-refractivity contribution >= 4 is 121 Å². The van der Waals surface area contributed by atoms with Gasteiger partial charge in [0.05, 0.1) is 0 Å². The Bertz CT molecular complexity index is 147. The monoisotopic (exact) mass is 482 g/mol. The molecule has 0 heterocycles. The van der Waals surface area contributed by atoms with Crippen LogP contribution < -0.4 is 0 Å². The summed E-state index contributed by atoms with van der Waals surface area (Å²) in [4.78, 5) is 0. The molecule has 0 saturated heterocycles. The molecule has 0 fully saturated rings. The average molecular weight is 482 g/mol. The van der Waals surface area contributed by atoms with Crippen molar-refractivity contribution in [1.29, 1.82) is 0 Å². The first kappa shape index (κ1) is 21.4. The molecule has 0 aromatic rings. The summed E-state index contributed by atoms with van der Waals surface area (Å²) in [7, 11) is 25.6. The predicted octanol–water partition coefficient (Wildman–Crippen LogP) is 8.37. The lowest BCUT2D eigenvalue weighted by atomic mass is 28.6. The van der Waals surface area contributed by atoms with E-state index < -0.39 is 0 Å². The zero-order valence-corrected chi connectivity index (χ0v) is 23.4. The molecule has 15 heteroatoms. The summed E-state index contributed by atoms with van der Waals surface area (Å²) >= 11 is 0. The molecule has 11 unspecified atom stereocenters. The average Bonchev–Trinajstić information content (AvgIpc) is 2.10. The van der Waals surface area contributed by atoms with Crippen LogP contribution in [0.4, 0.5) is 0 Å². The molecule has 0 rings (SSSR count). The molecule has 0 aromatic carbocycles. The molecule has 11 atom stereocenters. The lowest BCUT2D eigenvalue weighted by Crippen LogP contribution is -1.49. The normalized spacial score (nSPS) is 17.6. The highest BCUT2D eigenvalue weighted by atomic mass is 33.3. The van der Waals surface area contributed by atoms with Gasteiger partial charge in [0.1, 0.15) is 0 Å². The number of hydrogen-bond donors (Lipinski definition) is 0. The molecule has 0 aliphatic rings. The van der Waals surface area contributed by atoms with E-state index in [2.05, 4.69) is 71.4 Å². The van der Waals surface area contributed by atoms with Crippen molar-refractivity contribution in [2.75, 3.05) is 0 Å². The van der Waals surface area contributed by atoms with Gasteiger partial charge in [-0.25, -0.2) is 0 Å². The Hall–Kier alpha value is 6.45. The van der Waals surface area contributed by atoms with Crippen LogP contribution in [-0.2, 0) is 0 Å². The van der Waals surface area contributed by atoms with Gasteiger partial charge >= 0.3 is 0 Å². The van der Waals surface area contributed by atoms with Gasteiger partial charge in [-0.15, -0.1) is 71.4 Å². The lowest BCUT2D eigenvalue weighted by molar-refractivity contribution is 4.57. The fourth-order valence-electron chi connectivity index (χ4n) is 0.645. The molecule has 15 heavy (non-hydrogen) atoms. The van der Waals surface area contributed by atoms with Crippen LogP contribution in [0.25, 0.3) is 0 Å². The highest BCUT2D eigenvalue weighted by Crippen LogP contribution is 3.22. The van der Waals surface area contributed by atoms with Gasteiger partial charge in [0.15, 0.2) is 0 Å². The van der Waals surface area contributed by atoms with E-state index in [4.69, 9.17) is 0 Å². The largest absolute Gasteiger partial charge is 0.109 e. The minimum atomic E-state index is 0.0884. The van der Waals surface area contributed by atoms with E-state index in [1.165, 1.54) is 0 Å². The number of rotatable bonds is 6. The molecule has 0 aromatic heterocycles. The smallest absolute Gasteiger partial charge is 0.00457 e. The molecule has 0 N–H and O–H groups in total. The van der Waals surface area contributed by atoms with E-state index >= 15 is 0 Å². The topological polar surface area (TPSA) is 0 Å². The molecule has 0 aliphatic carbocycles. The van der Waals surface area contributed by atoms with Gasteiger partial charge < -0.3 is 0 Å². The van der Waals surface area contributed by atoms with E-state index in [0.29, 0.717) is 0 Å². The molecule has 0 aliphatic heterocycles. The summed E-state index contributed by atoms with van der Waals surface area (Å²) in [5.74, 6) is 0. The van der Waals surface area contributed by atoms with Crippen molar-refractivity contribution in [2.24, 2.45) is 0 Å². The van der Waals surface area contributed by atoms with Gasteiger partial charge in [-0.1, -0.05) is 7.96 Å². The SMILES string of the molecule is PPP(P)P(P(P)P)P(P(P)P)P(P)P. The Kier molecular flexibility index (Phi) is 17.1. The molecular formula is H17P15. The predicted molar refractivity (Wildman–Crippen MR) is 128 cm³/mol. The van der Waals surface area contributed by atoms with Crippen LogP contribution in [0.3, 0.4) is 0 Å². The zero-order valence-electron chi connectivity index (χ0n) is 7.80. The number of hydrogen-bond acceptors (Lipinski definition) is 0. The lowest BCUT2D eigenvalue weighted by Gasteiger charge is -2.38. The maximum atomic E-state index is 3.15. The van der Waals surface area contributed by atoms with E-state index in [1.807, 2.05) is 0 Å². The van der Waals surface area contributed by atoms with Crippen LogP contribution in [0.2, 0.25) is 0 Å². The molecular weight excluding hydrogens is 465 g/mol. The zero-order chi connectivity index (χ0) is 12.2. The highest BCUT2D eigenvalue weighted by Gasteiger charge is 2.33. The van der Waals surface area contributed by atoms with Crippen LogP contribution in [0, 0.1) is 0 Å². The van der Waals surface area contributed by atoms with Gasteiger partial charge in [0.25, 0.3) is 0 Å². The first-order valence-electron chi connectivity index (χ1n) is 3.32. The van der Waals surface area contributed by atoms with E-state index in [0.717, 1.165) is 7.96 Å². The van der Waals surface area contributed by atoms with Crippen molar-refractivity contribution in [3.05, 3.63) is 0 Å². The van der Waals surface area contributed by atoms with Gasteiger partial charge in [0, 0.05) is 0 Å². The fourth-order valence-corrected chi connectivity index (χ4v) is 157. The minimum absolute atomic E-state index is 0.0884. The second kappa shape index (κ2) is 11.9. The maximum Gasteiger partial charge on any atom is -0.00457 e. The van der Waals surface area contributed by atoms with E-state index in [-0.39, 0.29) is 41.9 Å². The minimum Gasteiger partial charge on any atom is -0.109 e. The Morgan fingerprint density at radius 3 is 1.13 bits per heavy atom. The Balaban J connectivity index is 4.84. The van der Waals surface area contributed by atoms with Crippen LogP contribution in [0.1, 0.15) is 0 Å². The molecule has 0 spiro atoms. The van der Waals surface area contributed by atoms with E-state index in [1.54, 1.807) is 0 Å². The molecule has 92 valence electrons. The second-order valence-electron chi connectivity index (χ2n) is 2.15. The second-order valence-corrected chi connectivity index (χ2v) is 58.1. The van der Waals surface area contributed by atoms with Gasteiger partial charge in [-0.2, -0.15) is 0 Å². The molecule has 0 radical (unpaired) electrons. The van der Waals surface area contributed by atoms with Gasteiger partial charge in [-0.05, 0) is 41.9 Å². The third-order valence-electron chi connectivity index (χ3n) is 1.10. The quantitative estimate of drug-likeness (QED) is 0.334. The van der Waals surface area contributed by atoms with Crippen molar-refractivity contribution in [2.45, 2.75) is 0 Å². The molecule has 0 amide bonds. The van der Waals surface area contributed by atoms with Crippen molar-refractivity contribution in [1.82, 2.24) is 0 Å². The van der Waals surface area contributed by atoms with Crippen LogP contribution in [-0.4, -0.2) is 0 Å². The van der Waals surface area contributed by atoms with Gasteiger partial charge in [0.2, 0.25) is 0 Å². The fraction of sp³-hybridized carbons (Fsp3) is 0. The van der Waals surface area contributed by atoms with Crippen LogP contribution in [0.5, 0.6) is 0 Å². The summed E-state index contributed by atoms with van der Waals surface area (Å²) in [6, 6.07) is 0. The first-order chi connectivity index (χ1) is 6.82. The van der Waals surface area contributed by atoms with Crippen molar-refractivity contribution in [3.63, 3.8) is 0 Å². The van der Waals surface area contributed by atoms with Crippen LogP contribution in [0.15, 0.2) is 0 Å². The summed E-state index contributed by atoms with van der Waals surface area (Å²) in [6.07, 6.45) is 0. The van der Waals surface area contributed by atoms with Crippen LogP contribution >= 0.6 is 121 Å². The standard InChI is InChI=1S/H17P15/c1-9-13(8)15(12(6)7)14(10(2)3)11(4)5/h9H,1-8H2. The maximum absolute atomic E-state index is 3.15. The Morgan fingerprint density at radius 1 is 0.600 bits per heavy atom. The third kappa shape index (κ3) is 8.60. The Labute approximate surface area is 120 Å². The summed E-state index contributed by atoms with van der Waals surface area (Å²) < 4.78 is 0. The first-order valence-corrected chi connectivity index (χ1v) is 29.9. The molecule has 0 nitrogen and oxygen atoms in total. The van der Waals surface area contributed by atoms with E-state index in [9.17, 15) is 0 Å². The summed E-state index contributed by atoms with van der Waals surface area (Å²) in [5.41, 5.74) is 0.